The minimum atomic E-state index is -2.40. The number of hydrogen-bond donors (Lipinski definition) is 1. The van der Waals surface area contributed by atoms with Crippen molar-refractivity contribution in [2.24, 2.45) is 0 Å². The molecule has 7 heteroatoms. The molecule has 0 radical (unpaired) electrons. The van der Waals surface area contributed by atoms with Crippen molar-refractivity contribution in [1.29, 1.82) is 0 Å². The molecule has 0 spiro atoms. The van der Waals surface area contributed by atoms with Crippen LogP contribution in [0.4, 0.5) is 4.39 Å². The molecule has 0 aromatic heterocycles. The third-order valence-electron chi connectivity index (χ3n) is 3.65. The van der Waals surface area contributed by atoms with Gasteiger partial charge in [0.25, 0.3) is 11.8 Å². The summed E-state index contributed by atoms with van der Waals surface area (Å²) in [5, 5.41) is 8.86. The van der Waals surface area contributed by atoms with Crippen LogP contribution in [0.1, 0.15) is 27.1 Å². The zero-order valence-corrected chi connectivity index (χ0v) is 12.4. The number of hydrogen-bond acceptors (Lipinski definition) is 3. The van der Waals surface area contributed by atoms with Gasteiger partial charge < -0.3 is 14.9 Å². The van der Waals surface area contributed by atoms with Crippen LogP contribution >= 0.6 is 0 Å². The van der Waals surface area contributed by atoms with E-state index in [9.17, 15) is 18.8 Å². The summed E-state index contributed by atoms with van der Waals surface area (Å²) < 4.78 is 14.0. The monoisotopic (exact) mass is 308 g/mol. The van der Waals surface area contributed by atoms with Crippen molar-refractivity contribution in [2.45, 2.75) is 12.1 Å². The van der Waals surface area contributed by atoms with Gasteiger partial charge in [0.05, 0.1) is 6.54 Å². The van der Waals surface area contributed by atoms with Crippen LogP contribution in [0.15, 0.2) is 24.3 Å². The molecule has 0 aliphatic carbocycles. The lowest BCUT2D eigenvalue weighted by molar-refractivity contribution is -0.149. The molecule has 1 aliphatic rings. The summed E-state index contributed by atoms with van der Waals surface area (Å²) in [4.78, 5) is 37.7. The van der Waals surface area contributed by atoms with Crippen molar-refractivity contribution in [3.05, 3.63) is 35.4 Å². The molecule has 1 heterocycles. The molecule has 0 saturated carbocycles. The van der Waals surface area contributed by atoms with E-state index in [1.807, 2.05) is 0 Å². The molecule has 1 N–H and O–H groups in total. The van der Waals surface area contributed by atoms with Crippen LogP contribution < -0.4 is 0 Å². The SMILES string of the molecule is CN(C)C(=O)c1cccc(C(=O)N2CCC(F)(C(=O)O)C2)c1. The molecule has 0 bridgehead atoms. The number of likely N-dealkylation sites (tertiary alicyclic amines) is 1. The molecule has 2 amide bonds. The fourth-order valence-corrected chi connectivity index (χ4v) is 2.35. The molecule has 1 aliphatic heterocycles. The number of halogens is 1. The minimum absolute atomic E-state index is 0.0352. The topological polar surface area (TPSA) is 77.9 Å². The van der Waals surface area contributed by atoms with Gasteiger partial charge in [0, 0.05) is 38.2 Å². The largest absolute Gasteiger partial charge is 0.479 e. The first-order chi connectivity index (χ1) is 10.2. The van der Waals surface area contributed by atoms with Gasteiger partial charge in [-0.05, 0) is 18.2 Å². The van der Waals surface area contributed by atoms with E-state index < -0.39 is 24.1 Å². The first-order valence-electron chi connectivity index (χ1n) is 6.78. The second-order valence-corrected chi connectivity index (χ2v) is 5.53. The Labute approximate surface area is 127 Å². The van der Waals surface area contributed by atoms with Crippen LogP contribution in [-0.4, -0.2) is 65.5 Å². The second kappa shape index (κ2) is 5.75. The number of benzene rings is 1. The van der Waals surface area contributed by atoms with Gasteiger partial charge in [0.1, 0.15) is 0 Å². The highest BCUT2D eigenvalue weighted by molar-refractivity contribution is 6.00. The number of carboxylic acid groups (broad SMARTS) is 1. The number of alkyl halides is 1. The predicted octanol–water partition coefficient (Wildman–Crippen LogP) is 1.03. The van der Waals surface area contributed by atoms with Crippen LogP contribution in [0.2, 0.25) is 0 Å². The maximum Gasteiger partial charge on any atom is 0.343 e. The fraction of sp³-hybridized carbons (Fsp3) is 0.400. The molecule has 1 saturated heterocycles. The van der Waals surface area contributed by atoms with Crippen LogP contribution in [0.5, 0.6) is 0 Å². The van der Waals surface area contributed by atoms with Gasteiger partial charge in [0.2, 0.25) is 5.67 Å². The van der Waals surface area contributed by atoms with Crippen LogP contribution in [-0.2, 0) is 4.79 Å². The Balaban J connectivity index is 2.19. The summed E-state index contributed by atoms with van der Waals surface area (Å²) in [5.41, 5.74) is -1.81. The maximum atomic E-state index is 14.0. The highest BCUT2D eigenvalue weighted by atomic mass is 19.1. The summed E-state index contributed by atoms with van der Waals surface area (Å²) in [7, 11) is 3.20. The van der Waals surface area contributed by atoms with E-state index in [1.54, 1.807) is 26.2 Å². The molecule has 1 unspecified atom stereocenters. The molecule has 1 fully saturated rings. The van der Waals surface area contributed by atoms with Gasteiger partial charge in [-0.25, -0.2) is 9.18 Å². The maximum absolute atomic E-state index is 14.0. The number of rotatable bonds is 3. The normalized spacial score (nSPS) is 20.8. The number of aliphatic carboxylic acids is 1. The number of carbonyl (C=O) groups is 3. The molecular weight excluding hydrogens is 291 g/mol. The van der Waals surface area contributed by atoms with Gasteiger partial charge >= 0.3 is 5.97 Å². The van der Waals surface area contributed by atoms with E-state index in [4.69, 9.17) is 5.11 Å². The van der Waals surface area contributed by atoms with Crippen molar-refractivity contribution in [1.82, 2.24) is 9.80 Å². The van der Waals surface area contributed by atoms with Crippen molar-refractivity contribution in [3.63, 3.8) is 0 Å². The summed E-state index contributed by atoms with van der Waals surface area (Å²) in [6.07, 6.45) is -0.232. The van der Waals surface area contributed by atoms with Crippen LogP contribution in [0, 0.1) is 0 Å². The number of carboxylic acids is 1. The van der Waals surface area contributed by atoms with E-state index >= 15 is 0 Å². The van der Waals surface area contributed by atoms with Gasteiger partial charge in [0.15, 0.2) is 0 Å². The van der Waals surface area contributed by atoms with Gasteiger partial charge in [-0.15, -0.1) is 0 Å². The molecule has 1 aromatic rings. The van der Waals surface area contributed by atoms with E-state index in [-0.39, 0.29) is 24.4 Å². The summed E-state index contributed by atoms with van der Waals surface area (Å²) >= 11 is 0. The molecule has 1 atom stereocenters. The van der Waals surface area contributed by atoms with E-state index in [1.165, 1.54) is 17.0 Å². The summed E-state index contributed by atoms with van der Waals surface area (Å²) in [6.45, 7) is -0.444. The van der Waals surface area contributed by atoms with Crippen molar-refractivity contribution in [3.8, 4) is 0 Å². The number of nitrogens with zero attached hydrogens (tertiary/aromatic N) is 2. The van der Waals surface area contributed by atoms with E-state index in [0.29, 0.717) is 5.56 Å². The molecule has 118 valence electrons. The predicted molar refractivity (Wildman–Crippen MR) is 76.5 cm³/mol. The first kappa shape index (κ1) is 15.9. The Hall–Kier alpha value is -2.44. The third-order valence-corrected chi connectivity index (χ3v) is 3.65. The fourth-order valence-electron chi connectivity index (χ4n) is 2.35. The zero-order chi connectivity index (χ0) is 16.5. The Bertz CT molecular complexity index is 632. The van der Waals surface area contributed by atoms with Gasteiger partial charge in [-0.2, -0.15) is 0 Å². The van der Waals surface area contributed by atoms with Crippen molar-refractivity contribution < 1.29 is 23.9 Å². The van der Waals surface area contributed by atoms with Crippen molar-refractivity contribution in [2.75, 3.05) is 27.2 Å². The minimum Gasteiger partial charge on any atom is -0.479 e. The summed E-state index contributed by atoms with van der Waals surface area (Å²) in [5.74, 6) is -2.28. The van der Waals surface area contributed by atoms with Gasteiger partial charge in [-0.3, -0.25) is 9.59 Å². The Morgan fingerprint density at radius 2 is 1.91 bits per heavy atom. The second-order valence-electron chi connectivity index (χ2n) is 5.53. The lowest BCUT2D eigenvalue weighted by Crippen LogP contribution is -2.39. The zero-order valence-electron chi connectivity index (χ0n) is 12.4. The first-order valence-corrected chi connectivity index (χ1v) is 6.78. The molecule has 6 nitrogen and oxygen atoms in total. The Kier molecular flexibility index (Phi) is 4.16. The lowest BCUT2D eigenvalue weighted by Gasteiger charge is -2.18. The summed E-state index contributed by atoms with van der Waals surface area (Å²) in [6, 6.07) is 6.11. The molecular formula is C15H17FN2O4. The average Bonchev–Trinajstić information content (AvgIpc) is 2.89. The lowest BCUT2D eigenvalue weighted by atomic mass is 10.1. The van der Waals surface area contributed by atoms with E-state index in [0.717, 1.165) is 4.90 Å². The molecule has 22 heavy (non-hydrogen) atoms. The van der Waals surface area contributed by atoms with Gasteiger partial charge in [-0.1, -0.05) is 6.07 Å². The highest BCUT2D eigenvalue weighted by Crippen LogP contribution is 2.27. The van der Waals surface area contributed by atoms with Crippen molar-refractivity contribution >= 4 is 17.8 Å². The van der Waals surface area contributed by atoms with Crippen LogP contribution in [0.3, 0.4) is 0 Å². The van der Waals surface area contributed by atoms with E-state index in [2.05, 4.69) is 0 Å². The number of carbonyl (C=O) groups excluding carboxylic acids is 2. The smallest absolute Gasteiger partial charge is 0.343 e. The third kappa shape index (κ3) is 2.93. The molecule has 2 rings (SSSR count). The Morgan fingerprint density at radius 1 is 1.27 bits per heavy atom. The quantitative estimate of drug-likeness (QED) is 0.904. The van der Waals surface area contributed by atoms with Crippen LogP contribution in [0.25, 0.3) is 0 Å². The Morgan fingerprint density at radius 3 is 2.45 bits per heavy atom. The number of amides is 2. The highest BCUT2D eigenvalue weighted by Gasteiger charge is 2.47. The standard InChI is InChI=1S/C15H17FN2O4/c1-17(2)12(19)10-4-3-5-11(8-10)13(20)18-7-6-15(16,9-18)14(21)22/h3-5,8H,6-7,9H2,1-2H3,(H,21,22). The average molecular weight is 308 g/mol. The molecule has 1 aromatic carbocycles.